The van der Waals surface area contributed by atoms with Crippen LogP contribution in [-0.4, -0.2) is 44.3 Å². The zero-order valence-corrected chi connectivity index (χ0v) is 20.7. The summed E-state index contributed by atoms with van der Waals surface area (Å²) in [6.07, 6.45) is -0.575. The molecular formula is C22H32N8O4. The lowest BCUT2D eigenvalue weighted by Gasteiger charge is -2.20. The van der Waals surface area contributed by atoms with Crippen LogP contribution < -0.4 is 0 Å². The van der Waals surface area contributed by atoms with Crippen molar-refractivity contribution >= 4 is 11.9 Å². The van der Waals surface area contributed by atoms with Gasteiger partial charge in [0, 0.05) is 12.8 Å². The summed E-state index contributed by atoms with van der Waals surface area (Å²) >= 11 is 0. The van der Waals surface area contributed by atoms with Gasteiger partial charge in [-0.3, -0.25) is 9.59 Å². The van der Waals surface area contributed by atoms with Crippen molar-refractivity contribution in [1.29, 1.82) is 21.0 Å². The van der Waals surface area contributed by atoms with Gasteiger partial charge in [0.05, 0.1) is 24.3 Å². The molecule has 34 heavy (non-hydrogen) atoms. The number of carbonyl (C=O) groups is 2. The maximum Gasteiger partial charge on any atom is 0.303 e. The van der Waals surface area contributed by atoms with Crippen molar-refractivity contribution in [3.63, 3.8) is 0 Å². The lowest BCUT2D eigenvalue weighted by molar-refractivity contribution is -0.138. The first-order valence-electron chi connectivity index (χ1n) is 10.4. The van der Waals surface area contributed by atoms with Crippen molar-refractivity contribution in [2.45, 2.75) is 96.3 Å². The van der Waals surface area contributed by atoms with E-state index >= 15 is 0 Å². The molecule has 0 spiro atoms. The zero-order chi connectivity index (χ0) is 27.2. The van der Waals surface area contributed by atoms with Crippen LogP contribution in [-0.2, 0) is 9.59 Å². The van der Waals surface area contributed by atoms with Gasteiger partial charge >= 0.3 is 11.9 Å². The molecule has 0 amide bonds. The molecule has 2 N–H and O–H groups in total. The smallest absolute Gasteiger partial charge is 0.303 e. The van der Waals surface area contributed by atoms with Crippen LogP contribution in [0.4, 0.5) is 0 Å². The zero-order valence-electron chi connectivity index (χ0n) is 20.7. The van der Waals surface area contributed by atoms with Gasteiger partial charge in [-0.1, -0.05) is 13.8 Å². The molecule has 0 heterocycles. The van der Waals surface area contributed by atoms with Crippen LogP contribution in [0.25, 0.3) is 0 Å². The van der Waals surface area contributed by atoms with Crippen LogP contribution in [0.3, 0.4) is 0 Å². The molecule has 0 aliphatic heterocycles. The van der Waals surface area contributed by atoms with Gasteiger partial charge in [-0.05, 0) is 53.4 Å². The van der Waals surface area contributed by atoms with E-state index in [2.05, 4.69) is 26.5 Å². The number of rotatable bonds is 11. The second-order valence-corrected chi connectivity index (χ2v) is 9.04. The molecule has 12 heteroatoms. The SMILES string of the molecule is CC(C#N)(CCC(=O)O)N=NC(C)(C#N)CCC(=O)O.CC(C)C(C)(C#N)N=NC(C)(C)C#N. The Bertz CT molecular complexity index is 904. The monoisotopic (exact) mass is 472 g/mol. The van der Waals surface area contributed by atoms with E-state index in [0.29, 0.717) is 0 Å². The molecule has 184 valence electrons. The Hall–Kier alpha value is -3.90. The van der Waals surface area contributed by atoms with Crippen LogP contribution in [0.2, 0.25) is 0 Å². The van der Waals surface area contributed by atoms with E-state index in [1.54, 1.807) is 20.8 Å². The lowest BCUT2D eigenvalue weighted by Crippen LogP contribution is -2.27. The van der Waals surface area contributed by atoms with Crippen LogP contribution in [0.1, 0.15) is 74.1 Å². The minimum atomic E-state index is -1.35. The van der Waals surface area contributed by atoms with Gasteiger partial charge in [-0.2, -0.15) is 41.5 Å². The molecule has 0 aliphatic carbocycles. The maximum atomic E-state index is 10.5. The molecule has 0 saturated carbocycles. The van der Waals surface area contributed by atoms with Crippen molar-refractivity contribution in [2.75, 3.05) is 0 Å². The second-order valence-electron chi connectivity index (χ2n) is 9.04. The van der Waals surface area contributed by atoms with Crippen LogP contribution >= 0.6 is 0 Å². The van der Waals surface area contributed by atoms with Crippen molar-refractivity contribution in [3.05, 3.63) is 0 Å². The van der Waals surface area contributed by atoms with Crippen molar-refractivity contribution in [2.24, 2.45) is 26.4 Å². The first kappa shape index (κ1) is 32.3. The lowest BCUT2D eigenvalue weighted by atomic mass is 9.91. The third-order valence-electron chi connectivity index (χ3n) is 4.76. The summed E-state index contributed by atoms with van der Waals surface area (Å²) in [7, 11) is 0. The number of carboxylic acid groups (broad SMARTS) is 2. The topological polar surface area (TPSA) is 219 Å². The Morgan fingerprint density at radius 3 is 1.32 bits per heavy atom. The minimum absolute atomic E-state index is 0.0389. The van der Waals surface area contributed by atoms with Gasteiger partial charge in [-0.15, -0.1) is 0 Å². The highest BCUT2D eigenvalue weighted by molar-refractivity contribution is 5.67. The summed E-state index contributed by atoms with van der Waals surface area (Å²) in [5.74, 6) is -2.04. The average Bonchev–Trinajstić information content (AvgIpc) is 2.79. The van der Waals surface area contributed by atoms with E-state index in [1.807, 2.05) is 32.1 Å². The Morgan fingerprint density at radius 2 is 1.09 bits per heavy atom. The van der Waals surface area contributed by atoms with Crippen LogP contribution in [0, 0.1) is 51.2 Å². The van der Waals surface area contributed by atoms with Crippen molar-refractivity contribution < 1.29 is 19.8 Å². The van der Waals surface area contributed by atoms with E-state index in [-0.39, 0.29) is 31.6 Å². The quantitative estimate of drug-likeness (QED) is 0.409. The number of nitriles is 4. The standard InChI is InChI=1S/C12H16N4O4.C10H16N4/c1-11(7-13,5-3-9(17)18)15-16-12(2,8-14)6-4-10(19)20;1-8(2)10(5,7-12)14-13-9(3,4)6-11/h3-6H2,1-2H3,(H,17,18)(H,19,20);8H,1-5H3. The Balaban J connectivity index is 0. The van der Waals surface area contributed by atoms with Crippen LogP contribution in [0.5, 0.6) is 0 Å². The van der Waals surface area contributed by atoms with E-state index in [1.165, 1.54) is 13.8 Å². The molecule has 0 saturated heterocycles. The molecule has 0 aliphatic rings. The largest absolute Gasteiger partial charge is 0.481 e. The summed E-state index contributed by atoms with van der Waals surface area (Å²) in [5.41, 5.74) is -4.39. The highest BCUT2D eigenvalue weighted by atomic mass is 16.4. The molecular weight excluding hydrogens is 440 g/mol. The van der Waals surface area contributed by atoms with E-state index in [0.717, 1.165) is 0 Å². The second kappa shape index (κ2) is 13.6. The van der Waals surface area contributed by atoms with Crippen molar-refractivity contribution in [3.8, 4) is 24.3 Å². The first-order valence-corrected chi connectivity index (χ1v) is 10.4. The Kier molecular flexibility index (Phi) is 12.9. The third-order valence-corrected chi connectivity index (χ3v) is 4.76. The molecule has 3 unspecified atom stereocenters. The number of hydrogen-bond acceptors (Lipinski definition) is 10. The van der Waals surface area contributed by atoms with Gasteiger partial charge in [0.15, 0.2) is 22.2 Å². The molecule has 0 bridgehead atoms. The van der Waals surface area contributed by atoms with Gasteiger partial charge in [0.1, 0.15) is 0 Å². The highest BCUT2D eigenvalue weighted by Gasteiger charge is 2.30. The Labute approximate surface area is 200 Å². The number of nitrogens with zero attached hydrogens (tertiary/aromatic N) is 8. The fraction of sp³-hybridized carbons (Fsp3) is 0.727. The van der Waals surface area contributed by atoms with E-state index < -0.39 is 34.1 Å². The molecule has 0 aromatic heterocycles. The van der Waals surface area contributed by atoms with E-state index in [9.17, 15) is 9.59 Å². The summed E-state index contributed by atoms with van der Waals surface area (Å²) in [4.78, 5) is 21.0. The maximum absolute atomic E-state index is 10.5. The van der Waals surface area contributed by atoms with Crippen molar-refractivity contribution in [1.82, 2.24) is 0 Å². The summed E-state index contributed by atoms with van der Waals surface area (Å²) < 4.78 is 0. The fourth-order valence-electron chi connectivity index (χ4n) is 1.70. The average molecular weight is 473 g/mol. The molecule has 3 atom stereocenters. The van der Waals surface area contributed by atoms with Crippen LogP contribution in [0.15, 0.2) is 20.5 Å². The normalized spacial score (nSPS) is 16.5. The Morgan fingerprint density at radius 1 is 0.706 bits per heavy atom. The third kappa shape index (κ3) is 12.8. The molecule has 12 nitrogen and oxygen atoms in total. The summed E-state index contributed by atoms with van der Waals surface area (Å²) in [5, 5.41) is 68.2. The first-order chi connectivity index (χ1) is 15.4. The summed E-state index contributed by atoms with van der Waals surface area (Å²) in [6, 6.07) is 7.80. The number of aliphatic carboxylic acids is 2. The molecule has 0 radical (unpaired) electrons. The van der Waals surface area contributed by atoms with Gasteiger partial charge in [-0.25, -0.2) is 0 Å². The summed E-state index contributed by atoms with van der Waals surface area (Å²) in [6.45, 7) is 11.7. The number of carboxylic acids is 2. The number of hydrogen-bond donors (Lipinski definition) is 2. The van der Waals surface area contributed by atoms with Gasteiger partial charge < -0.3 is 10.2 Å². The van der Waals surface area contributed by atoms with Gasteiger partial charge in [0.2, 0.25) is 0 Å². The van der Waals surface area contributed by atoms with E-state index in [4.69, 9.17) is 31.3 Å². The minimum Gasteiger partial charge on any atom is -0.481 e. The molecule has 0 aromatic rings. The molecule has 0 aromatic carbocycles. The molecule has 0 rings (SSSR count). The fourth-order valence-corrected chi connectivity index (χ4v) is 1.70. The van der Waals surface area contributed by atoms with Gasteiger partial charge in [0.25, 0.3) is 0 Å². The highest BCUT2D eigenvalue weighted by Crippen LogP contribution is 2.24. The predicted octanol–water partition coefficient (Wildman–Crippen LogP) is 4.41. The molecule has 0 fully saturated rings. The number of azo groups is 2. The predicted molar refractivity (Wildman–Crippen MR) is 120 cm³/mol.